The van der Waals surface area contributed by atoms with Crippen molar-refractivity contribution < 1.29 is 9.59 Å². The van der Waals surface area contributed by atoms with Crippen molar-refractivity contribution in [1.29, 1.82) is 0 Å². The number of rotatable bonds is 7. The fourth-order valence-electron chi connectivity index (χ4n) is 2.98. The first-order chi connectivity index (χ1) is 13.8. The highest BCUT2D eigenvalue weighted by molar-refractivity contribution is 7.99. The van der Waals surface area contributed by atoms with Gasteiger partial charge >= 0.3 is 0 Å². The standard InChI is InChI=1S/C18H27N7O2S2/c1-18(2,3)19-15(26)12-23-6-8-24(9-7-23)16(27)13-29-17-20-21-22-25(17)11-14-5-4-10-28-14/h4-5,10H,6-9,11-13H2,1-3H3,(H,19,26). The van der Waals surface area contributed by atoms with Gasteiger partial charge in [-0.25, -0.2) is 4.68 Å². The maximum Gasteiger partial charge on any atom is 0.234 e. The molecule has 11 heteroatoms. The van der Waals surface area contributed by atoms with E-state index >= 15 is 0 Å². The number of thiophene rings is 1. The zero-order valence-electron chi connectivity index (χ0n) is 17.0. The summed E-state index contributed by atoms with van der Waals surface area (Å²) in [5.41, 5.74) is -0.231. The number of nitrogens with zero attached hydrogens (tertiary/aromatic N) is 6. The van der Waals surface area contributed by atoms with Gasteiger partial charge in [0.1, 0.15) is 0 Å². The topological polar surface area (TPSA) is 96.2 Å². The molecule has 0 aromatic carbocycles. The minimum absolute atomic E-state index is 0.0189. The van der Waals surface area contributed by atoms with Gasteiger partial charge in [0.2, 0.25) is 17.0 Å². The van der Waals surface area contributed by atoms with Crippen molar-refractivity contribution in [3.05, 3.63) is 22.4 Å². The van der Waals surface area contributed by atoms with E-state index < -0.39 is 0 Å². The molecule has 9 nitrogen and oxygen atoms in total. The van der Waals surface area contributed by atoms with Crippen molar-refractivity contribution in [2.24, 2.45) is 0 Å². The Morgan fingerprint density at radius 3 is 2.66 bits per heavy atom. The molecule has 29 heavy (non-hydrogen) atoms. The lowest BCUT2D eigenvalue weighted by Gasteiger charge is -2.34. The SMILES string of the molecule is CC(C)(C)NC(=O)CN1CCN(C(=O)CSc2nnnn2Cc2cccs2)CC1. The lowest BCUT2D eigenvalue weighted by molar-refractivity contribution is -0.130. The third kappa shape index (κ3) is 6.79. The van der Waals surface area contributed by atoms with Gasteiger partial charge in [-0.1, -0.05) is 17.8 Å². The largest absolute Gasteiger partial charge is 0.350 e. The molecule has 0 bridgehead atoms. The van der Waals surface area contributed by atoms with E-state index in [1.54, 1.807) is 16.0 Å². The van der Waals surface area contributed by atoms with Crippen molar-refractivity contribution in [3.63, 3.8) is 0 Å². The molecule has 0 saturated carbocycles. The van der Waals surface area contributed by atoms with Crippen LogP contribution in [0, 0.1) is 0 Å². The quantitative estimate of drug-likeness (QED) is 0.644. The van der Waals surface area contributed by atoms with Crippen LogP contribution in [0.2, 0.25) is 0 Å². The Morgan fingerprint density at radius 1 is 1.24 bits per heavy atom. The Morgan fingerprint density at radius 2 is 2.00 bits per heavy atom. The Balaban J connectivity index is 1.41. The Hall–Kier alpha value is -1.98. The molecule has 3 rings (SSSR count). The molecular weight excluding hydrogens is 410 g/mol. The summed E-state index contributed by atoms with van der Waals surface area (Å²) in [5.74, 6) is 0.389. The maximum atomic E-state index is 12.6. The van der Waals surface area contributed by atoms with Gasteiger partial charge in [-0.05, 0) is 42.6 Å². The molecule has 1 fully saturated rings. The minimum Gasteiger partial charge on any atom is -0.350 e. The lowest BCUT2D eigenvalue weighted by atomic mass is 10.1. The van der Waals surface area contributed by atoms with Gasteiger partial charge in [0.25, 0.3) is 0 Å². The first-order valence-corrected chi connectivity index (χ1v) is 11.4. The molecule has 2 amide bonds. The molecule has 2 aromatic heterocycles. The van der Waals surface area contributed by atoms with E-state index in [0.29, 0.717) is 50.2 Å². The van der Waals surface area contributed by atoms with Crippen molar-refractivity contribution in [3.8, 4) is 0 Å². The number of tetrazole rings is 1. The number of amides is 2. The molecule has 1 aliphatic rings. The van der Waals surface area contributed by atoms with Crippen LogP contribution in [0.15, 0.2) is 22.7 Å². The minimum atomic E-state index is -0.231. The zero-order chi connectivity index (χ0) is 20.9. The maximum absolute atomic E-state index is 12.6. The smallest absolute Gasteiger partial charge is 0.234 e. The Kier molecular flexibility index (Phi) is 7.25. The lowest BCUT2D eigenvalue weighted by Crippen LogP contribution is -2.53. The average Bonchev–Trinajstić information content (AvgIpc) is 3.31. The summed E-state index contributed by atoms with van der Waals surface area (Å²) in [5, 5.41) is 17.4. The number of carbonyl (C=O) groups excluding carboxylic acids is 2. The van der Waals surface area contributed by atoms with Crippen LogP contribution in [0.3, 0.4) is 0 Å². The van der Waals surface area contributed by atoms with E-state index in [4.69, 9.17) is 0 Å². The third-order valence-electron chi connectivity index (χ3n) is 4.32. The van der Waals surface area contributed by atoms with E-state index in [-0.39, 0.29) is 17.4 Å². The van der Waals surface area contributed by atoms with Gasteiger partial charge in [0, 0.05) is 36.6 Å². The van der Waals surface area contributed by atoms with Crippen LogP contribution in [0.5, 0.6) is 0 Å². The molecule has 0 spiro atoms. The van der Waals surface area contributed by atoms with E-state index in [0.717, 1.165) is 4.88 Å². The van der Waals surface area contributed by atoms with Crippen LogP contribution in [-0.4, -0.2) is 85.8 Å². The van der Waals surface area contributed by atoms with Crippen molar-refractivity contribution in [2.45, 2.75) is 38.0 Å². The Bertz CT molecular complexity index is 809. The van der Waals surface area contributed by atoms with E-state index in [2.05, 4.69) is 25.7 Å². The van der Waals surface area contributed by atoms with Gasteiger partial charge in [-0.2, -0.15) is 0 Å². The summed E-state index contributed by atoms with van der Waals surface area (Å²) in [6.45, 7) is 9.53. The molecule has 1 saturated heterocycles. The molecule has 158 valence electrons. The van der Waals surface area contributed by atoms with Crippen LogP contribution < -0.4 is 5.32 Å². The zero-order valence-corrected chi connectivity index (χ0v) is 18.6. The Labute approximate surface area is 178 Å². The van der Waals surface area contributed by atoms with Crippen LogP contribution >= 0.6 is 23.1 Å². The summed E-state index contributed by atoms with van der Waals surface area (Å²) >= 11 is 3.01. The average molecular weight is 438 g/mol. The highest BCUT2D eigenvalue weighted by atomic mass is 32.2. The van der Waals surface area contributed by atoms with Gasteiger partial charge in [0.05, 0.1) is 18.8 Å². The number of hydrogen-bond acceptors (Lipinski definition) is 8. The molecule has 1 N–H and O–H groups in total. The molecule has 0 radical (unpaired) electrons. The summed E-state index contributed by atoms with van der Waals surface area (Å²) in [7, 11) is 0. The second kappa shape index (κ2) is 9.68. The van der Waals surface area contributed by atoms with Crippen molar-refractivity contribution >= 4 is 34.9 Å². The molecule has 3 heterocycles. The van der Waals surface area contributed by atoms with Gasteiger partial charge in [-0.3, -0.25) is 14.5 Å². The number of carbonyl (C=O) groups is 2. The number of aromatic nitrogens is 4. The predicted molar refractivity (Wildman–Crippen MR) is 113 cm³/mol. The second-order valence-electron chi connectivity index (χ2n) is 7.94. The first-order valence-electron chi connectivity index (χ1n) is 9.53. The molecule has 1 aliphatic heterocycles. The van der Waals surface area contributed by atoms with E-state index in [1.165, 1.54) is 11.8 Å². The van der Waals surface area contributed by atoms with E-state index in [9.17, 15) is 9.59 Å². The molecule has 0 aliphatic carbocycles. The summed E-state index contributed by atoms with van der Waals surface area (Å²) in [4.78, 5) is 29.7. The van der Waals surface area contributed by atoms with Crippen LogP contribution in [0.1, 0.15) is 25.6 Å². The summed E-state index contributed by atoms with van der Waals surface area (Å²) < 4.78 is 1.72. The second-order valence-corrected chi connectivity index (χ2v) is 9.92. The van der Waals surface area contributed by atoms with Crippen molar-refractivity contribution in [2.75, 3.05) is 38.5 Å². The fourth-order valence-corrected chi connectivity index (χ4v) is 4.45. The monoisotopic (exact) mass is 437 g/mol. The van der Waals surface area contributed by atoms with Gasteiger partial charge in [0.15, 0.2) is 0 Å². The molecule has 0 atom stereocenters. The third-order valence-corrected chi connectivity index (χ3v) is 6.12. The highest BCUT2D eigenvalue weighted by Crippen LogP contribution is 2.18. The molecule has 0 unspecified atom stereocenters. The molecular formula is C18H27N7O2S2. The normalized spacial score (nSPS) is 15.5. The van der Waals surface area contributed by atoms with Gasteiger partial charge < -0.3 is 10.2 Å². The predicted octanol–water partition coefficient (Wildman–Crippen LogP) is 0.934. The number of hydrogen-bond donors (Lipinski definition) is 1. The van der Waals surface area contributed by atoms with Crippen molar-refractivity contribution in [1.82, 2.24) is 35.3 Å². The summed E-state index contributed by atoms with van der Waals surface area (Å²) in [6, 6.07) is 4.03. The highest BCUT2D eigenvalue weighted by Gasteiger charge is 2.24. The summed E-state index contributed by atoms with van der Waals surface area (Å²) in [6.07, 6.45) is 0. The van der Waals surface area contributed by atoms with Crippen LogP contribution in [-0.2, 0) is 16.1 Å². The van der Waals surface area contributed by atoms with Crippen LogP contribution in [0.25, 0.3) is 0 Å². The van der Waals surface area contributed by atoms with Crippen LogP contribution in [0.4, 0.5) is 0 Å². The first kappa shape index (κ1) is 21.7. The molecule has 2 aromatic rings. The van der Waals surface area contributed by atoms with Gasteiger partial charge in [-0.15, -0.1) is 16.4 Å². The fraction of sp³-hybridized carbons (Fsp3) is 0.611. The number of thioether (sulfide) groups is 1. The van der Waals surface area contributed by atoms with E-state index in [1.807, 2.05) is 43.2 Å². The number of piperazine rings is 1. The number of nitrogens with one attached hydrogen (secondary N) is 1.